The van der Waals surface area contributed by atoms with Crippen LogP contribution < -0.4 is 9.80 Å². The molecule has 3 rings (SSSR count). The van der Waals surface area contributed by atoms with Crippen molar-refractivity contribution in [3.63, 3.8) is 0 Å². The molecule has 1 aliphatic heterocycles. The van der Waals surface area contributed by atoms with Crippen LogP contribution in [0.4, 0.5) is 10.9 Å². The molecule has 1 fully saturated rings. The van der Waals surface area contributed by atoms with Crippen LogP contribution in [-0.4, -0.2) is 62.0 Å². The van der Waals surface area contributed by atoms with Gasteiger partial charge < -0.3 is 9.80 Å². The third-order valence-electron chi connectivity index (χ3n) is 4.36. The van der Waals surface area contributed by atoms with Crippen LogP contribution in [-0.2, 0) is 10.0 Å². The van der Waals surface area contributed by atoms with Gasteiger partial charge >= 0.3 is 0 Å². The van der Waals surface area contributed by atoms with Crippen LogP contribution in [0.5, 0.6) is 0 Å². The molecule has 0 radical (unpaired) electrons. The predicted molar refractivity (Wildman–Crippen MR) is 101 cm³/mol. The molecule has 7 nitrogen and oxygen atoms in total. The van der Waals surface area contributed by atoms with Gasteiger partial charge in [0.05, 0.1) is 0 Å². The van der Waals surface area contributed by atoms with Crippen LogP contribution in [0, 0.1) is 0 Å². The summed E-state index contributed by atoms with van der Waals surface area (Å²) in [4.78, 5) is 13.4. The number of sulfonamides is 1. The van der Waals surface area contributed by atoms with E-state index in [2.05, 4.69) is 19.8 Å². The first-order valence-corrected chi connectivity index (χ1v) is 10.7. The minimum atomic E-state index is -3.45. The van der Waals surface area contributed by atoms with E-state index < -0.39 is 10.0 Å². The summed E-state index contributed by atoms with van der Waals surface area (Å²) < 4.78 is 26.5. The highest BCUT2D eigenvalue weighted by atomic mass is 32.2. The van der Waals surface area contributed by atoms with E-state index in [0.29, 0.717) is 13.1 Å². The molecule has 136 valence electrons. The molecule has 2 aromatic rings. The second-order valence-electron chi connectivity index (χ2n) is 5.73. The van der Waals surface area contributed by atoms with Crippen molar-refractivity contribution in [2.24, 2.45) is 0 Å². The van der Waals surface area contributed by atoms with Gasteiger partial charge in [-0.1, -0.05) is 13.8 Å². The lowest BCUT2D eigenvalue weighted by atomic mass is 10.3. The van der Waals surface area contributed by atoms with E-state index >= 15 is 0 Å². The first kappa shape index (κ1) is 18.1. The lowest BCUT2D eigenvalue weighted by Crippen LogP contribution is -2.46. The Bertz CT molecular complexity index is 765. The Labute approximate surface area is 153 Å². The molecular weight excluding hydrogens is 358 g/mol. The molecule has 0 N–H and O–H groups in total. The van der Waals surface area contributed by atoms with Gasteiger partial charge in [-0.25, -0.2) is 18.4 Å². The average molecular weight is 382 g/mol. The quantitative estimate of drug-likeness (QED) is 0.761. The van der Waals surface area contributed by atoms with Crippen LogP contribution in [0.15, 0.2) is 34.8 Å². The fourth-order valence-corrected chi connectivity index (χ4v) is 5.02. The Balaban J connectivity index is 1.67. The second-order valence-corrected chi connectivity index (χ2v) is 8.54. The normalized spacial score (nSPS) is 15.8. The van der Waals surface area contributed by atoms with Crippen molar-refractivity contribution in [2.45, 2.75) is 18.7 Å². The van der Waals surface area contributed by atoms with Gasteiger partial charge in [0.25, 0.3) is 0 Å². The summed E-state index contributed by atoms with van der Waals surface area (Å²) in [5.41, 5.74) is 0. The van der Waals surface area contributed by atoms with E-state index in [0.717, 1.165) is 37.1 Å². The molecule has 0 unspecified atom stereocenters. The lowest BCUT2D eigenvalue weighted by molar-refractivity contribution is 0.445. The Morgan fingerprint density at radius 2 is 1.76 bits per heavy atom. The Kier molecular flexibility index (Phi) is 5.55. The number of anilines is 2. The molecule has 0 spiro atoms. The molecule has 0 aromatic carbocycles. The third kappa shape index (κ3) is 3.78. The molecule has 1 aliphatic rings. The maximum atomic E-state index is 12.5. The first-order valence-electron chi connectivity index (χ1n) is 8.41. The van der Waals surface area contributed by atoms with Crippen LogP contribution in [0.2, 0.25) is 0 Å². The van der Waals surface area contributed by atoms with Gasteiger partial charge in [-0.2, -0.15) is 4.31 Å². The summed E-state index contributed by atoms with van der Waals surface area (Å²) in [6.07, 6.45) is 3.29. The second kappa shape index (κ2) is 7.67. The van der Waals surface area contributed by atoms with E-state index in [1.807, 2.05) is 25.4 Å². The minimum Gasteiger partial charge on any atom is -0.353 e. The monoisotopic (exact) mass is 381 g/mol. The van der Waals surface area contributed by atoms with Crippen molar-refractivity contribution in [2.75, 3.05) is 49.1 Å². The number of nitrogens with zero attached hydrogens (tertiary/aromatic N) is 5. The number of hydrogen-bond donors (Lipinski definition) is 0. The molecule has 0 amide bonds. The van der Waals surface area contributed by atoms with Crippen molar-refractivity contribution in [3.8, 4) is 0 Å². The Morgan fingerprint density at radius 1 is 1.08 bits per heavy atom. The maximum Gasteiger partial charge on any atom is 0.244 e. The molecule has 3 heterocycles. The molecule has 0 bridgehead atoms. The summed E-state index contributed by atoms with van der Waals surface area (Å²) >= 11 is 1.65. The van der Waals surface area contributed by atoms with E-state index in [1.54, 1.807) is 23.5 Å². The fraction of sp³-hybridized carbons (Fsp3) is 0.500. The van der Waals surface area contributed by atoms with Gasteiger partial charge in [0.1, 0.15) is 10.7 Å². The van der Waals surface area contributed by atoms with Gasteiger partial charge in [0, 0.05) is 57.0 Å². The number of hydrogen-bond acceptors (Lipinski definition) is 7. The highest BCUT2D eigenvalue weighted by Crippen LogP contribution is 2.22. The van der Waals surface area contributed by atoms with E-state index in [9.17, 15) is 8.42 Å². The Morgan fingerprint density at radius 3 is 2.28 bits per heavy atom. The van der Waals surface area contributed by atoms with Gasteiger partial charge in [-0.05, 0) is 12.1 Å². The van der Waals surface area contributed by atoms with Crippen molar-refractivity contribution in [1.29, 1.82) is 0 Å². The average Bonchev–Trinajstić information content (AvgIpc) is 3.17. The summed E-state index contributed by atoms with van der Waals surface area (Å²) in [5.74, 6) is 0.817. The van der Waals surface area contributed by atoms with Crippen LogP contribution in [0.1, 0.15) is 13.8 Å². The summed E-state index contributed by atoms with van der Waals surface area (Å²) in [6, 6.07) is 3.46. The summed E-state index contributed by atoms with van der Waals surface area (Å²) in [7, 11) is -3.45. The zero-order valence-corrected chi connectivity index (χ0v) is 16.1. The molecule has 0 aliphatic carbocycles. The first-order chi connectivity index (χ1) is 12.1. The van der Waals surface area contributed by atoms with Gasteiger partial charge in [0.15, 0.2) is 5.13 Å². The number of thiazole rings is 1. The van der Waals surface area contributed by atoms with Crippen molar-refractivity contribution >= 4 is 32.3 Å². The van der Waals surface area contributed by atoms with E-state index in [4.69, 9.17) is 0 Å². The van der Waals surface area contributed by atoms with Crippen molar-refractivity contribution in [3.05, 3.63) is 29.9 Å². The van der Waals surface area contributed by atoms with E-state index in [-0.39, 0.29) is 4.90 Å². The number of piperazine rings is 1. The molecule has 1 saturated heterocycles. The molecule has 0 atom stereocenters. The fourth-order valence-electron chi connectivity index (χ4n) is 2.92. The number of rotatable bonds is 6. The smallest absolute Gasteiger partial charge is 0.244 e. The van der Waals surface area contributed by atoms with E-state index in [1.165, 1.54) is 10.5 Å². The van der Waals surface area contributed by atoms with Crippen LogP contribution >= 0.6 is 11.3 Å². The molecule has 2 aromatic heterocycles. The highest BCUT2D eigenvalue weighted by molar-refractivity contribution is 7.89. The lowest BCUT2D eigenvalue weighted by Gasteiger charge is -2.35. The number of pyridine rings is 1. The van der Waals surface area contributed by atoms with Gasteiger partial charge in [-0.15, -0.1) is 11.3 Å². The van der Waals surface area contributed by atoms with Crippen molar-refractivity contribution in [1.82, 2.24) is 14.3 Å². The van der Waals surface area contributed by atoms with Crippen LogP contribution in [0.25, 0.3) is 0 Å². The van der Waals surface area contributed by atoms with Gasteiger partial charge in [0.2, 0.25) is 10.0 Å². The summed E-state index contributed by atoms with van der Waals surface area (Å²) in [6.45, 7) is 8.04. The zero-order chi connectivity index (χ0) is 17.9. The number of aromatic nitrogens is 2. The van der Waals surface area contributed by atoms with Crippen molar-refractivity contribution < 1.29 is 8.42 Å². The molecule has 9 heteroatoms. The standard InChI is InChI=1S/C16H23N5O2S2/c1-3-21(4-2)25(22,23)14-5-6-15(18-13-14)19-8-10-20(11-9-19)16-17-7-12-24-16/h5-7,12-13H,3-4,8-11H2,1-2H3. The zero-order valence-electron chi connectivity index (χ0n) is 14.5. The Hall–Kier alpha value is -1.71. The molecular formula is C16H23N5O2S2. The van der Waals surface area contributed by atoms with Gasteiger partial charge in [-0.3, -0.25) is 0 Å². The van der Waals surface area contributed by atoms with Crippen LogP contribution in [0.3, 0.4) is 0 Å². The predicted octanol–water partition coefficient (Wildman–Crippen LogP) is 1.90. The largest absolute Gasteiger partial charge is 0.353 e. The topological polar surface area (TPSA) is 69.6 Å². The summed E-state index contributed by atoms with van der Waals surface area (Å²) in [5, 5.41) is 3.03. The minimum absolute atomic E-state index is 0.251. The highest BCUT2D eigenvalue weighted by Gasteiger charge is 2.23. The molecule has 25 heavy (non-hydrogen) atoms. The third-order valence-corrected chi connectivity index (χ3v) is 7.22. The molecule has 0 saturated carbocycles. The maximum absolute atomic E-state index is 12.5. The SMILES string of the molecule is CCN(CC)S(=O)(=O)c1ccc(N2CCN(c3nccs3)CC2)nc1.